The lowest BCUT2D eigenvalue weighted by Crippen LogP contribution is -2.49. The Morgan fingerprint density at radius 3 is 2.62 bits per heavy atom. The fraction of sp³-hybridized carbons (Fsp3) is 0.565. The summed E-state index contributed by atoms with van der Waals surface area (Å²) >= 11 is 0. The van der Waals surface area contributed by atoms with Crippen molar-refractivity contribution in [2.24, 2.45) is 5.92 Å². The molecule has 2 N–H and O–H groups in total. The van der Waals surface area contributed by atoms with Crippen LogP contribution in [0.4, 0.5) is 10.5 Å². The molecule has 0 radical (unpaired) electrons. The monoisotopic (exact) mass is 442 g/mol. The van der Waals surface area contributed by atoms with Gasteiger partial charge >= 0.3 is 6.03 Å². The number of anilines is 1. The van der Waals surface area contributed by atoms with E-state index in [1.807, 2.05) is 0 Å². The Bertz CT molecular complexity index is 903. The first-order valence-electron chi connectivity index (χ1n) is 11.3. The molecule has 1 spiro atoms. The molecule has 9 heteroatoms. The molecule has 0 bridgehead atoms. The summed E-state index contributed by atoms with van der Waals surface area (Å²) in [4.78, 5) is 52.8. The summed E-state index contributed by atoms with van der Waals surface area (Å²) in [5.41, 5.74) is -0.395. The molecular formula is C23H30N4O5. The molecule has 0 aromatic heterocycles. The van der Waals surface area contributed by atoms with Crippen molar-refractivity contribution in [1.29, 1.82) is 0 Å². The average molecular weight is 443 g/mol. The zero-order valence-electron chi connectivity index (χ0n) is 18.4. The summed E-state index contributed by atoms with van der Waals surface area (Å²) in [6, 6.07) is 6.20. The topological polar surface area (TPSA) is 108 Å². The van der Waals surface area contributed by atoms with Gasteiger partial charge in [0, 0.05) is 24.8 Å². The number of imide groups is 1. The highest BCUT2D eigenvalue weighted by Gasteiger charge is 2.52. The van der Waals surface area contributed by atoms with Gasteiger partial charge in [-0.25, -0.2) is 4.79 Å². The Hall–Kier alpha value is -3.10. The summed E-state index contributed by atoms with van der Waals surface area (Å²) in [6.45, 7) is 3.27. The number of nitrogens with zero attached hydrogens (tertiary/aromatic N) is 2. The van der Waals surface area contributed by atoms with Crippen LogP contribution >= 0.6 is 0 Å². The lowest BCUT2D eigenvalue weighted by Gasteiger charge is -2.33. The first-order chi connectivity index (χ1) is 15.4. The maximum Gasteiger partial charge on any atom is 0.325 e. The van der Waals surface area contributed by atoms with Crippen LogP contribution in [-0.4, -0.2) is 65.3 Å². The second-order valence-corrected chi connectivity index (χ2v) is 9.04. The van der Waals surface area contributed by atoms with Crippen molar-refractivity contribution in [3.05, 3.63) is 24.3 Å². The van der Waals surface area contributed by atoms with E-state index in [4.69, 9.17) is 4.74 Å². The number of carbonyl (C=O) groups excluding carboxylic acids is 4. The predicted molar refractivity (Wildman–Crippen MR) is 117 cm³/mol. The Kier molecular flexibility index (Phi) is 6.34. The number of amides is 5. The van der Waals surface area contributed by atoms with Gasteiger partial charge in [0.2, 0.25) is 5.91 Å². The van der Waals surface area contributed by atoms with Gasteiger partial charge < -0.3 is 20.3 Å². The van der Waals surface area contributed by atoms with Gasteiger partial charge in [-0.3, -0.25) is 19.3 Å². The number of rotatable bonds is 6. The van der Waals surface area contributed by atoms with Crippen LogP contribution in [0.3, 0.4) is 0 Å². The van der Waals surface area contributed by atoms with E-state index in [-0.39, 0.29) is 25.0 Å². The highest BCUT2D eigenvalue weighted by Crippen LogP contribution is 2.36. The predicted octanol–water partition coefficient (Wildman–Crippen LogP) is 2.13. The van der Waals surface area contributed by atoms with Crippen molar-refractivity contribution < 1.29 is 23.9 Å². The highest BCUT2D eigenvalue weighted by atomic mass is 16.5. The van der Waals surface area contributed by atoms with E-state index in [0.29, 0.717) is 30.2 Å². The molecule has 2 heterocycles. The van der Waals surface area contributed by atoms with E-state index in [0.717, 1.165) is 43.7 Å². The molecule has 32 heavy (non-hydrogen) atoms. The summed E-state index contributed by atoms with van der Waals surface area (Å²) in [7, 11) is 0. The molecule has 2 aliphatic heterocycles. The number of urea groups is 1. The molecule has 1 aromatic carbocycles. The minimum Gasteiger partial charge on any atom is -0.484 e. The molecule has 2 saturated heterocycles. The fourth-order valence-electron chi connectivity index (χ4n) is 4.62. The van der Waals surface area contributed by atoms with Crippen LogP contribution in [0.25, 0.3) is 0 Å². The van der Waals surface area contributed by atoms with Gasteiger partial charge in [-0.15, -0.1) is 0 Å². The molecule has 3 fully saturated rings. The summed E-state index contributed by atoms with van der Waals surface area (Å²) < 4.78 is 5.58. The smallest absolute Gasteiger partial charge is 0.325 e. The Balaban J connectivity index is 1.31. The zero-order valence-corrected chi connectivity index (χ0v) is 18.4. The molecule has 1 saturated carbocycles. The minimum atomic E-state index is -0.862. The molecule has 0 atom stereocenters. The minimum absolute atomic E-state index is 0.0541. The molecule has 9 nitrogen and oxygen atoms in total. The molecular weight excluding hydrogens is 412 g/mol. The van der Waals surface area contributed by atoms with Gasteiger partial charge in [0.1, 0.15) is 17.8 Å². The van der Waals surface area contributed by atoms with E-state index in [1.165, 1.54) is 0 Å². The van der Waals surface area contributed by atoms with E-state index in [9.17, 15) is 19.2 Å². The summed E-state index contributed by atoms with van der Waals surface area (Å²) in [5, 5.41) is 5.52. The maximum absolute atomic E-state index is 12.9. The van der Waals surface area contributed by atoms with Crippen LogP contribution in [0.2, 0.25) is 0 Å². The SMILES string of the molecule is CC1CCC2(CC1)NC(=O)N(CC(=O)Nc1cccc(OCC(=O)N3CCCC3)c1)C2=O. The lowest BCUT2D eigenvalue weighted by atomic mass is 9.77. The largest absolute Gasteiger partial charge is 0.484 e. The first kappa shape index (κ1) is 22.1. The third-order valence-electron chi connectivity index (χ3n) is 6.61. The Labute approximate surface area is 187 Å². The van der Waals surface area contributed by atoms with Crippen LogP contribution in [-0.2, 0) is 14.4 Å². The Morgan fingerprint density at radius 1 is 1.19 bits per heavy atom. The maximum atomic E-state index is 12.9. The van der Waals surface area contributed by atoms with Gasteiger partial charge in [-0.1, -0.05) is 13.0 Å². The van der Waals surface area contributed by atoms with E-state index in [1.54, 1.807) is 29.2 Å². The standard InChI is InChI=1S/C23H30N4O5/c1-16-7-9-23(10-8-16)21(30)27(22(31)25-23)14-19(28)24-17-5-4-6-18(13-17)32-15-20(29)26-11-2-3-12-26/h4-6,13,16H,2-3,7-12,14-15H2,1H3,(H,24,28)(H,25,31). The van der Waals surface area contributed by atoms with Crippen LogP contribution in [0.1, 0.15) is 45.4 Å². The second-order valence-electron chi connectivity index (χ2n) is 9.04. The summed E-state index contributed by atoms with van der Waals surface area (Å²) in [5.74, 6) is 0.145. The van der Waals surface area contributed by atoms with Crippen LogP contribution in [0, 0.1) is 5.92 Å². The molecule has 0 unspecified atom stereocenters. The van der Waals surface area contributed by atoms with Crippen molar-refractivity contribution in [2.45, 2.75) is 51.0 Å². The van der Waals surface area contributed by atoms with Crippen molar-refractivity contribution in [3.63, 3.8) is 0 Å². The number of carbonyl (C=O) groups is 4. The van der Waals surface area contributed by atoms with Gasteiger partial charge in [-0.05, 0) is 56.6 Å². The van der Waals surface area contributed by atoms with E-state index in [2.05, 4.69) is 17.6 Å². The van der Waals surface area contributed by atoms with Gasteiger partial charge in [0.05, 0.1) is 0 Å². The molecule has 1 aliphatic carbocycles. The number of nitrogens with one attached hydrogen (secondary N) is 2. The molecule has 4 rings (SSSR count). The quantitative estimate of drug-likeness (QED) is 0.656. The molecule has 1 aromatic rings. The van der Waals surface area contributed by atoms with Crippen LogP contribution in [0.15, 0.2) is 24.3 Å². The van der Waals surface area contributed by atoms with E-state index >= 15 is 0 Å². The normalized spacial score (nSPS) is 25.2. The van der Waals surface area contributed by atoms with Gasteiger partial charge in [-0.2, -0.15) is 0 Å². The second kappa shape index (κ2) is 9.18. The molecule has 172 valence electrons. The van der Waals surface area contributed by atoms with Gasteiger partial charge in [0.15, 0.2) is 6.61 Å². The number of hydrogen-bond acceptors (Lipinski definition) is 5. The van der Waals surface area contributed by atoms with Crippen molar-refractivity contribution in [1.82, 2.24) is 15.1 Å². The third-order valence-corrected chi connectivity index (χ3v) is 6.61. The van der Waals surface area contributed by atoms with Gasteiger partial charge in [0.25, 0.3) is 11.8 Å². The first-order valence-corrected chi connectivity index (χ1v) is 11.3. The van der Waals surface area contributed by atoms with Crippen molar-refractivity contribution in [3.8, 4) is 5.75 Å². The Morgan fingerprint density at radius 2 is 1.91 bits per heavy atom. The zero-order chi connectivity index (χ0) is 22.7. The number of hydrogen-bond donors (Lipinski definition) is 2. The number of likely N-dealkylation sites (tertiary alicyclic amines) is 1. The summed E-state index contributed by atoms with van der Waals surface area (Å²) in [6.07, 6.45) is 4.99. The van der Waals surface area contributed by atoms with E-state index < -0.39 is 17.5 Å². The number of benzene rings is 1. The van der Waals surface area contributed by atoms with Crippen molar-refractivity contribution in [2.75, 3.05) is 31.6 Å². The highest BCUT2D eigenvalue weighted by molar-refractivity contribution is 6.10. The fourth-order valence-corrected chi connectivity index (χ4v) is 4.62. The average Bonchev–Trinajstić information content (AvgIpc) is 3.39. The van der Waals surface area contributed by atoms with Crippen molar-refractivity contribution >= 4 is 29.4 Å². The molecule has 5 amide bonds. The number of ether oxygens (including phenoxy) is 1. The third kappa shape index (κ3) is 4.71. The van der Waals surface area contributed by atoms with Crippen LogP contribution < -0.4 is 15.4 Å². The van der Waals surface area contributed by atoms with Crippen LogP contribution in [0.5, 0.6) is 5.75 Å². The lowest BCUT2D eigenvalue weighted by molar-refractivity contribution is -0.135. The molecule has 3 aliphatic rings.